The predicted molar refractivity (Wildman–Crippen MR) is 111 cm³/mol. The van der Waals surface area contributed by atoms with Gasteiger partial charge in [0.05, 0.1) is 21.0 Å². The molecule has 1 heterocycles. The number of amides is 1. The van der Waals surface area contributed by atoms with Crippen molar-refractivity contribution < 1.29 is 13.2 Å². The normalized spacial score (nSPS) is 17.2. The van der Waals surface area contributed by atoms with Gasteiger partial charge in [0.1, 0.15) is 0 Å². The maximum Gasteiger partial charge on any atom is 0.243 e. The Morgan fingerprint density at radius 1 is 1.00 bits per heavy atom. The number of carbonyl (C=O) groups is 1. The van der Waals surface area contributed by atoms with Crippen LogP contribution in [0.1, 0.15) is 6.92 Å². The molecule has 1 N–H and O–H groups in total. The van der Waals surface area contributed by atoms with E-state index in [9.17, 15) is 13.2 Å². The van der Waals surface area contributed by atoms with E-state index in [-0.39, 0.29) is 21.9 Å². The molecule has 2 aromatic rings. The monoisotopic (exact) mass is 441 g/mol. The molecule has 0 radical (unpaired) electrons. The van der Waals surface area contributed by atoms with Crippen molar-refractivity contribution in [1.82, 2.24) is 9.21 Å². The minimum atomic E-state index is -3.66. The van der Waals surface area contributed by atoms with Crippen LogP contribution in [0.2, 0.25) is 10.0 Å². The third kappa shape index (κ3) is 4.67. The van der Waals surface area contributed by atoms with E-state index in [0.717, 1.165) is 5.69 Å². The second kappa shape index (κ2) is 8.80. The van der Waals surface area contributed by atoms with Gasteiger partial charge >= 0.3 is 0 Å². The average Bonchev–Trinajstić information content (AvgIpc) is 2.70. The quantitative estimate of drug-likeness (QED) is 0.772. The first-order valence-electron chi connectivity index (χ1n) is 8.84. The van der Waals surface area contributed by atoms with Crippen LogP contribution >= 0.6 is 23.2 Å². The van der Waals surface area contributed by atoms with E-state index in [1.54, 1.807) is 0 Å². The largest absolute Gasteiger partial charge is 0.325 e. The van der Waals surface area contributed by atoms with E-state index >= 15 is 0 Å². The molecule has 1 aliphatic heterocycles. The highest BCUT2D eigenvalue weighted by atomic mass is 35.5. The smallest absolute Gasteiger partial charge is 0.243 e. The standard InChI is InChI=1S/C19H21Cl2N3O3S/c1-14(19(25)22-15-5-3-2-4-6-15)23-9-11-24(12-10-23)28(26,27)16-7-8-17(20)18(21)13-16/h2-8,13-14H,9-12H2,1H3,(H,22,25). The molecular formula is C19H21Cl2N3O3S. The van der Waals surface area contributed by atoms with E-state index in [2.05, 4.69) is 5.32 Å². The summed E-state index contributed by atoms with van der Waals surface area (Å²) in [6.07, 6.45) is 0. The number of benzene rings is 2. The van der Waals surface area contributed by atoms with Gasteiger partial charge < -0.3 is 5.32 Å². The average molecular weight is 442 g/mol. The minimum absolute atomic E-state index is 0.116. The SMILES string of the molecule is CC(C(=O)Nc1ccccc1)N1CCN(S(=O)(=O)c2ccc(Cl)c(Cl)c2)CC1. The highest BCUT2D eigenvalue weighted by molar-refractivity contribution is 7.89. The van der Waals surface area contributed by atoms with Gasteiger partial charge in [0, 0.05) is 31.9 Å². The Balaban J connectivity index is 1.61. The number of anilines is 1. The van der Waals surface area contributed by atoms with Gasteiger partial charge in [-0.05, 0) is 37.3 Å². The zero-order chi connectivity index (χ0) is 20.3. The molecule has 1 unspecified atom stereocenters. The molecule has 0 aromatic heterocycles. The van der Waals surface area contributed by atoms with Crippen LogP contribution in [0.15, 0.2) is 53.4 Å². The van der Waals surface area contributed by atoms with Gasteiger partial charge in [0.15, 0.2) is 0 Å². The second-order valence-electron chi connectivity index (χ2n) is 6.55. The molecule has 3 rings (SSSR count). The van der Waals surface area contributed by atoms with Crippen molar-refractivity contribution in [2.75, 3.05) is 31.5 Å². The number of rotatable bonds is 5. The summed E-state index contributed by atoms with van der Waals surface area (Å²) in [7, 11) is -3.66. The summed E-state index contributed by atoms with van der Waals surface area (Å²) in [5, 5.41) is 3.39. The minimum Gasteiger partial charge on any atom is -0.325 e. The number of sulfonamides is 1. The summed E-state index contributed by atoms with van der Waals surface area (Å²) in [5.41, 5.74) is 0.736. The fourth-order valence-electron chi connectivity index (χ4n) is 3.05. The van der Waals surface area contributed by atoms with Crippen LogP contribution in [0.4, 0.5) is 5.69 Å². The van der Waals surface area contributed by atoms with Crippen molar-refractivity contribution in [1.29, 1.82) is 0 Å². The van der Waals surface area contributed by atoms with Crippen LogP contribution in [-0.4, -0.2) is 55.8 Å². The van der Waals surface area contributed by atoms with Crippen molar-refractivity contribution in [3.05, 3.63) is 58.6 Å². The van der Waals surface area contributed by atoms with Gasteiger partial charge in [-0.25, -0.2) is 8.42 Å². The molecule has 28 heavy (non-hydrogen) atoms. The van der Waals surface area contributed by atoms with E-state index in [1.165, 1.54) is 22.5 Å². The number of carbonyl (C=O) groups excluding carboxylic acids is 1. The Kier molecular flexibility index (Phi) is 6.62. The molecule has 1 aliphatic rings. The molecule has 0 spiro atoms. The first kappa shape index (κ1) is 21.1. The third-order valence-corrected chi connectivity index (χ3v) is 7.40. The van der Waals surface area contributed by atoms with Crippen LogP contribution in [-0.2, 0) is 14.8 Å². The topological polar surface area (TPSA) is 69.7 Å². The first-order valence-corrected chi connectivity index (χ1v) is 11.0. The molecule has 1 fully saturated rings. The number of piperazine rings is 1. The predicted octanol–water partition coefficient (Wildman–Crippen LogP) is 3.33. The fraction of sp³-hybridized carbons (Fsp3) is 0.316. The number of nitrogens with one attached hydrogen (secondary N) is 1. The molecule has 6 nitrogen and oxygen atoms in total. The van der Waals surface area contributed by atoms with Crippen molar-refractivity contribution in [3.63, 3.8) is 0 Å². The highest BCUT2D eigenvalue weighted by Crippen LogP contribution is 2.27. The van der Waals surface area contributed by atoms with Gasteiger partial charge in [-0.2, -0.15) is 4.31 Å². The maximum absolute atomic E-state index is 12.8. The summed E-state index contributed by atoms with van der Waals surface area (Å²) in [4.78, 5) is 14.6. The number of halogens is 2. The Hall–Kier alpha value is -1.64. The maximum atomic E-state index is 12.8. The zero-order valence-corrected chi connectivity index (χ0v) is 17.6. The van der Waals surface area contributed by atoms with Gasteiger partial charge in [0.2, 0.25) is 15.9 Å². The number of hydrogen-bond acceptors (Lipinski definition) is 4. The fourth-order valence-corrected chi connectivity index (χ4v) is 4.86. The summed E-state index contributed by atoms with van der Waals surface area (Å²) in [5.74, 6) is -0.119. The van der Waals surface area contributed by atoms with Crippen molar-refractivity contribution in [2.45, 2.75) is 17.9 Å². The van der Waals surface area contributed by atoms with Crippen molar-refractivity contribution in [2.24, 2.45) is 0 Å². The Bertz CT molecular complexity index is 946. The molecule has 0 bridgehead atoms. The summed E-state index contributed by atoms with van der Waals surface area (Å²) < 4.78 is 27.1. The van der Waals surface area contributed by atoms with Crippen molar-refractivity contribution >= 4 is 44.8 Å². The number of para-hydroxylation sites is 1. The lowest BCUT2D eigenvalue weighted by atomic mass is 10.2. The van der Waals surface area contributed by atoms with Crippen LogP contribution in [0.5, 0.6) is 0 Å². The Morgan fingerprint density at radius 2 is 1.64 bits per heavy atom. The van der Waals surface area contributed by atoms with Crippen molar-refractivity contribution in [3.8, 4) is 0 Å². The molecule has 1 amide bonds. The lowest BCUT2D eigenvalue weighted by Gasteiger charge is -2.36. The van der Waals surface area contributed by atoms with Gasteiger partial charge in [-0.15, -0.1) is 0 Å². The van der Waals surface area contributed by atoms with Gasteiger partial charge in [0.25, 0.3) is 0 Å². The van der Waals surface area contributed by atoms with E-state index < -0.39 is 10.0 Å². The van der Waals surface area contributed by atoms with E-state index in [0.29, 0.717) is 31.2 Å². The zero-order valence-electron chi connectivity index (χ0n) is 15.3. The molecular weight excluding hydrogens is 421 g/mol. The first-order chi connectivity index (χ1) is 13.3. The van der Waals surface area contributed by atoms with E-state index in [1.807, 2.05) is 42.2 Å². The lowest BCUT2D eigenvalue weighted by molar-refractivity contribution is -0.121. The van der Waals surface area contributed by atoms with Crippen LogP contribution in [0, 0.1) is 0 Å². The third-order valence-electron chi connectivity index (χ3n) is 4.77. The summed E-state index contributed by atoms with van der Waals surface area (Å²) in [6, 6.07) is 13.2. The molecule has 9 heteroatoms. The lowest BCUT2D eigenvalue weighted by Crippen LogP contribution is -2.53. The van der Waals surface area contributed by atoms with Crippen LogP contribution in [0.25, 0.3) is 0 Å². The highest BCUT2D eigenvalue weighted by Gasteiger charge is 2.32. The van der Waals surface area contributed by atoms with Crippen LogP contribution in [0.3, 0.4) is 0 Å². The number of hydrogen-bond donors (Lipinski definition) is 1. The summed E-state index contributed by atoms with van der Waals surface area (Å²) >= 11 is 11.8. The molecule has 2 aromatic carbocycles. The number of nitrogens with zero attached hydrogens (tertiary/aromatic N) is 2. The Labute approximate surface area is 175 Å². The van der Waals surface area contributed by atoms with Gasteiger partial charge in [-0.1, -0.05) is 41.4 Å². The molecule has 1 saturated heterocycles. The second-order valence-corrected chi connectivity index (χ2v) is 9.30. The molecule has 0 aliphatic carbocycles. The molecule has 1 atom stereocenters. The van der Waals surface area contributed by atoms with E-state index in [4.69, 9.17) is 23.2 Å². The van der Waals surface area contributed by atoms with Gasteiger partial charge in [-0.3, -0.25) is 9.69 Å². The summed E-state index contributed by atoms with van der Waals surface area (Å²) in [6.45, 7) is 3.34. The molecule has 0 saturated carbocycles. The Morgan fingerprint density at radius 3 is 2.25 bits per heavy atom. The van der Waals surface area contributed by atoms with Crippen LogP contribution < -0.4 is 5.32 Å². The molecule has 150 valence electrons.